The van der Waals surface area contributed by atoms with Crippen molar-refractivity contribution in [1.29, 1.82) is 0 Å². The van der Waals surface area contributed by atoms with Gasteiger partial charge in [-0.05, 0) is 18.6 Å². The molecule has 3 aromatic rings. The molecule has 0 aliphatic rings. The first-order chi connectivity index (χ1) is 8.65. The van der Waals surface area contributed by atoms with E-state index in [2.05, 4.69) is 5.16 Å². The molecule has 5 heteroatoms. The molecular weight excluding hydrogens is 234 g/mol. The molecule has 0 saturated carbocycles. The van der Waals surface area contributed by atoms with Gasteiger partial charge in [-0.25, -0.2) is 4.79 Å². The number of carboxylic acid groups (broad SMARTS) is 1. The van der Waals surface area contributed by atoms with Crippen LogP contribution < -0.4 is 0 Å². The molecule has 1 N–H and O–H groups in total. The van der Waals surface area contributed by atoms with Crippen LogP contribution in [0.15, 0.2) is 39.3 Å². The van der Waals surface area contributed by atoms with Gasteiger partial charge in [-0.1, -0.05) is 23.4 Å². The van der Waals surface area contributed by atoms with Crippen molar-refractivity contribution in [2.75, 3.05) is 0 Å². The van der Waals surface area contributed by atoms with E-state index in [1.807, 2.05) is 25.1 Å². The van der Waals surface area contributed by atoms with Crippen LogP contribution in [0.5, 0.6) is 0 Å². The lowest BCUT2D eigenvalue weighted by molar-refractivity contribution is 0.0686. The maximum Gasteiger partial charge on any atom is 0.358 e. The second-order valence-electron chi connectivity index (χ2n) is 3.99. The van der Waals surface area contributed by atoms with Gasteiger partial charge in [0.25, 0.3) is 0 Å². The molecule has 0 bridgehead atoms. The lowest BCUT2D eigenvalue weighted by Gasteiger charge is -1.91. The normalized spacial score (nSPS) is 10.9. The summed E-state index contributed by atoms with van der Waals surface area (Å²) in [6.07, 6.45) is 0. The van der Waals surface area contributed by atoms with E-state index in [-0.39, 0.29) is 5.69 Å². The zero-order valence-corrected chi connectivity index (χ0v) is 9.51. The second kappa shape index (κ2) is 3.73. The Morgan fingerprint density at radius 3 is 2.78 bits per heavy atom. The number of aromatic nitrogens is 1. The Balaban J connectivity index is 2.13. The van der Waals surface area contributed by atoms with Crippen LogP contribution in [-0.4, -0.2) is 16.2 Å². The van der Waals surface area contributed by atoms with Crippen molar-refractivity contribution in [2.45, 2.75) is 6.92 Å². The summed E-state index contributed by atoms with van der Waals surface area (Å²) >= 11 is 0. The summed E-state index contributed by atoms with van der Waals surface area (Å²) in [5, 5.41) is 13.2. The number of rotatable bonds is 2. The van der Waals surface area contributed by atoms with E-state index in [1.54, 1.807) is 6.07 Å². The number of hydrogen-bond acceptors (Lipinski definition) is 4. The molecule has 0 fully saturated rings. The molecule has 3 rings (SSSR count). The molecular formula is C13H9NO4. The molecule has 0 aliphatic heterocycles. The van der Waals surface area contributed by atoms with Crippen LogP contribution in [0.3, 0.4) is 0 Å². The number of aryl methyl sites for hydroxylation is 1. The number of nitrogens with zero attached hydrogens (tertiary/aromatic N) is 1. The van der Waals surface area contributed by atoms with Crippen LogP contribution in [0.25, 0.3) is 22.5 Å². The maximum atomic E-state index is 10.7. The first kappa shape index (κ1) is 10.6. The van der Waals surface area contributed by atoms with Gasteiger partial charge >= 0.3 is 5.97 Å². The number of carbonyl (C=O) groups is 1. The van der Waals surface area contributed by atoms with Crippen LogP contribution in [0.4, 0.5) is 0 Å². The summed E-state index contributed by atoms with van der Waals surface area (Å²) in [4.78, 5) is 10.7. The standard InChI is InChI=1S/C13H9NO4/c1-7-3-2-4-8-5-10(17-12(7)8)11-6-9(13(15)16)14-18-11/h2-6H,1H3,(H,15,16). The Morgan fingerprint density at radius 2 is 2.11 bits per heavy atom. The molecule has 2 aromatic heterocycles. The van der Waals surface area contributed by atoms with E-state index in [4.69, 9.17) is 14.0 Å². The Labute approximate surface area is 102 Å². The highest BCUT2D eigenvalue weighted by Crippen LogP contribution is 2.29. The largest absolute Gasteiger partial charge is 0.476 e. The Hall–Kier alpha value is -2.56. The second-order valence-corrected chi connectivity index (χ2v) is 3.99. The fourth-order valence-electron chi connectivity index (χ4n) is 1.82. The smallest absolute Gasteiger partial charge is 0.358 e. The molecule has 0 unspecified atom stereocenters. The van der Waals surface area contributed by atoms with Crippen molar-refractivity contribution in [2.24, 2.45) is 0 Å². The van der Waals surface area contributed by atoms with Crippen molar-refractivity contribution < 1.29 is 18.8 Å². The molecule has 2 heterocycles. The SMILES string of the molecule is Cc1cccc2cc(-c3cc(C(=O)O)no3)oc12. The lowest BCUT2D eigenvalue weighted by Crippen LogP contribution is -1.94. The highest BCUT2D eigenvalue weighted by atomic mass is 16.5. The summed E-state index contributed by atoms with van der Waals surface area (Å²) in [5.41, 5.74) is 1.64. The van der Waals surface area contributed by atoms with Gasteiger partial charge in [-0.15, -0.1) is 0 Å². The third-order valence-corrected chi connectivity index (χ3v) is 2.71. The van der Waals surface area contributed by atoms with Crippen LogP contribution in [0.2, 0.25) is 0 Å². The number of aromatic carboxylic acids is 1. The Kier molecular flexibility index (Phi) is 2.19. The number of benzene rings is 1. The van der Waals surface area contributed by atoms with E-state index in [0.29, 0.717) is 11.5 Å². The first-order valence-corrected chi connectivity index (χ1v) is 5.35. The zero-order chi connectivity index (χ0) is 12.7. The van der Waals surface area contributed by atoms with Gasteiger partial charge in [0.15, 0.2) is 11.5 Å². The third kappa shape index (κ3) is 1.57. The fourth-order valence-corrected chi connectivity index (χ4v) is 1.82. The summed E-state index contributed by atoms with van der Waals surface area (Å²) < 4.78 is 10.6. The van der Waals surface area contributed by atoms with Crippen molar-refractivity contribution in [3.63, 3.8) is 0 Å². The molecule has 0 spiro atoms. The van der Waals surface area contributed by atoms with Crippen molar-refractivity contribution in [3.05, 3.63) is 41.6 Å². The monoisotopic (exact) mass is 243 g/mol. The zero-order valence-electron chi connectivity index (χ0n) is 9.51. The van der Waals surface area contributed by atoms with Gasteiger partial charge in [0.1, 0.15) is 5.58 Å². The lowest BCUT2D eigenvalue weighted by atomic mass is 10.2. The summed E-state index contributed by atoms with van der Waals surface area (Å²) in [5.74, 6) is -0.348. The van der Waals surface area contributed by atoms with Crippen molar-refractivity contribution in [1.82, 2.24) is 5.16 Å². The van der Waals surface area contributed by atoms with Gasteiger partial charge in [0.05, 0.1) is 0 Å². The molecule has 0 saturated heterocycles. The number of para-hydroxylation sites is 1. The van der Waals surface area contributed by atoms with Crippen LogP contribution in [-0.2, 0) is 0 Å². The Morgan fingerprint density at radius 1 is 1.28 bits per heavy atom. The van der Waals surface area contributed by atoms with Gasteiger partial charge in [0, 0.05) is 11.5 Å². The predicted octanol–water partition coefficient (Wildman–Crippen LogP) is 3.09. The van der Waals surface area contributed by atoms with E-state index in [1.165, 1.54) is 6.07 Å². The third-order valence-electron chi connectivity index (χ3n) is 2.71. The number of fused-ring (bicyclic) bond motifs is 1. The van der Waals surface area contributed by atoms with Crippen molar-refractivity contribution >= 4 is 16.9 Å². The van der Waals surface area contributed by atoms with Gasteiger partial charge in [-0.3, -0.25) is 0 Å². The molecule has 0 aliphatic carbocycles. The minimum Gasteiger partial charge on any atom is -0.476 e. The van der Waals surface area contributed by atoms with Gasteiger partial charge in [0.2, 0.25) is 5.76 Å². The van der Waals surface area contributed by atoms with E-state index < -0.39 is 5.97 Å². The highest BCUT2D eigenvalue weighted by molar-refractivity contribution is 5.88. The summed E-state index contributed by atoms with van der Waals surface area (Å²) in [6.45, 7) is 1.94. The minimum absolute atomic E-state index is 0.137. The molecule has 1 aromatic carbocycles. The topological polar surface area (TPSA) is 76.5 Å². The fraction of sp³-hybridized carbons (Fsp3) is 0.0769. The highest BCUT2D eigenvalue weighted by Gasteiger charge is 2.15. The molecule has 0 amide bonds. The predicted molar refractivity (Wildman–Crippen MR) is 63.4 cm³/mol. The first-order valence-electron chi connectivity index (χ1n) is 5.35. The molecule has 18 heavy (non-hydrogen) atoms. The maximum absolute atomic E-state index is 10.7. The molecule has 0 atom stereocenters. The van der Waals surface area contributed by atoms with Crippen LogP contribution >= 0.6 is 0 Å². The van der Waals surface area contributed by atoms with E-state index >= 15 is 0 Å². The summed E-state index contributed by atoms with van der Waals surface area (Å²) in [6, 6.07) is 8.94. The minimum atomic E-state index is -1.13. The van der Waals surface area contributed by atoms with E-state index in [9.17, 15) is 4.79 Å². The van der Waals surface area contributed by atoms with Crippen LogP contribution in [0.1, 0.15) is 16.1 Å². The average Bonchev–Trinajstić information content (AvgIpc) is 2.95. The molecule has 0 radical (unpaired) electrons. The average molecular weight is 243 g/mol. The molecule has 5 nitrogen and oxygen atoms in total. The van der Waals surface area contributed by atoms with Crippen LogP contribution in [0, 0.1) is 6.92 Å². The van der Waals surface area contributed by atoms with Crippen molar-refractivity contribution in [3.8, 4) is 11.5 Å². The quantitative estimate of drug-likeness (QED) is 0.748. The van der Waals surface area contributed by atoms with E-state index in [0.717, 1.165) is 16.5 Å². The Bertz CT molecular complexity index is 738. The summed E-state index contributed by atoms with van der Waals surface area (Å²) in [7, 11) is 0. The van der Waals surface area contributed by atoms with Gasteiger partial charge in [-0.2, -0.15) is 0 Å². The number of carboxylic acids is 1. The van der Waals surface area contributed by atoms with Gasteiger partial charge < -0.3 is 14.0 Å². The number of furan rings is 1. The number of hydrogen-bond donors (Lipinski definition) is 1. The molecule has 90 valence electrons.